The molecule has 3 rings (SSSR count). The summed E-state index contributed by atoms with van der Waals surface area (Å²) in [5.41, 5.74) is -0.0108. The van der Waals surface area contributed by atoms with Crippen molar-refractivity contribution in [1.82, 2.24) is 14.9 Å². The quantitative estimate of drug-likeness (QED) is 0.852. The minimum Gasteiger partial charge on any atom is -0.476 e. The van der Waals surface area contributed by atoms with Crippen molar-refractivity contribution >= 4 is 11.8 Å². The van der Waals surface area contributed by atoms with Crippen LogP contribution in [0.4, 0.5) is 5.82 Å². The van der Waals surface area contributed by atoms with Gasteiger partial charge in [-0.3, -0.25) is 4.98 Å². The van der Waals surface area contributed by atoms with Gasteiger partial charge >= 0.3 is 5.97 Å². The number of carboxylic acids is 1. The summed E-state index contributed by atoms with van der Waals surface area (Å²) in [4.78, 5) is 21.4. The van der Waals surface area contributed by atoms with Crippen LogP contribution >= 0.6 is 0 Å². The van der Waals surface area contributed by atoms with E-state index in [1.807, 2.05) is 0 Å². The van der Waals surface area contributed by atoms with E-state index < -0.39 is 5.97 Å². The minimum absolute atomic E-state index is 0.0108. The first kappa shape index (κ1) is 12.3. The predicted octanol–water partition coefficient (Wildman–Crippen LogP) is 1.21. The van der Waals surface area contributed by atoms with E-state index >= 15 is 0 Å². The Morgan fingerprint density at radius 3 is 3.11 bits per heavy atom. The summed E-state index contributed by atoms with van der Waals surface area (Å²) >= 11 is 0. The molecule has 0 spiro atoms. The van der Waals surface area contributed by atoms with Gasteiger partial charge in [-0.05, 0) is 32.2 Å². The van der Waals surface area contributed by atoms with Crippen molar-refractivity contribution in [3.63, 3.8) is 0 Å². The first-order valence-corrected chi connectivity index (χ1v) is 6.78. The fourth-order valence-electron chi connectivity index (χ4n) is 3.10. The van der Waals surface area contributed by atoms with E-state index in [1.54, 1.807) is 6.20 Å². The van der Waals surface area contributed by atoms with E-state index in [4.69, 9.17) is 5.11 Å². The van der Waals surface area contributed by atoms with Gasteiger partial charge in [-0.25, -0.2) is 9.78 Å². The summed E-state index contributed by atoms with van der Waals surface area (Å²) in [6.07, 6.45) is 7.62. The Morgan fingerprint density at radius 2 is 2.26 bits per heavy atom. The Balaban J connectivity index is 1.65. The minimum atomic E-state index is -1.04. The van der Waals surface area contributed by atoms with E-state index in [1.165, 1.54) is 25.6 Å². The molecule has 6 nitrogen and oxygen atoms in total. The van der Waals surface area contributed by atoms with Crippen LogP contribution in [0.15, 0.2) is 12.4 Å². The lowest BCUT2D eigenvalue weighted by atomic mass is 9.98. The maximum atomic E-state index is 10.9. The van der Waals surface area contributed by atoms with Gasteiger partial charge in [0.15, 0.2) is 5.69 Å². The Labute approximate surface area is 111 Å². The maximum Gasteiger partial charge on any atom is 0.356 e. The summed E-state index contributed by atoms with van der Waals surface area (Å²) < 4.78 is 0. The van der Waals surface area contributed by atoms with Gasteiger partial charge in [-0.1, -0.05) is 0 Å². The lowest BCUT2D eigenvalue weighted by Crippen LogP contribution is -2.42. The highest BCUT2D eigenvalue weighted by atomic mass is 16.4. The van der Waals surface area contributed by atoms with E-state index in [-0.39, 0.29) is 5.69 Å². The first-order valence-electron chi connectivity index (χ1n) is 6.78. The molecule has 0 saturated carbocycles. The van der Waals surface area contributed by atoms with Gasteiger partial charge in [0.25, 0.3) is 0 Å². The van der Waals surface area contributed by atoms with Gasteiger partial charge in [0.1, 0.15) is 5.82 Å². The molecule has 0 radical (unpaired) electrons. The van der Waals surface area contributed by atoms with Crippen LogP contribution in [-0.4, -0.2) is 51.1 Å². The van der Waals surface area contributed by atoms with E-state index in [0.29, 0.717) is 17.9 Å². The summed E-state index contributed by atoms with van der Waals surface area (Å²) in [7, 11) is 0. The van der Waals surface area contributed by atoms with Gasteiger partial charge in [-0.15, -0.1) is 0 Å². The van der Waals surface area contributed by atoms with Crippen LogP contribution in [0.5, 0.6) is 0 Å². The van der Waals surface area contributed by atoms with Crippen molar-refractivity contribution in [2.75, 3.05) is 18.4 Å². The lowest BCUT2D eigenvalue weighted by Gasteiger charge is -2.35. The number of rotatable bonds is 3. The molecule has 0 aromatic carbocycles. The number of anilines is 1. The molecule has 6 heteroatoms. The summed E-state index contributed by atoms with van der Waals surface area (Å²) in [5.74, 6) is -0.474. The first-order chi connectivity index (χ1) is 9.22. The molecule has 2 N–H and O–H groups in total. The second kappa shape index (κ2) is 5.13. The van der Waals surface area contributed by atoms with Crippen LogP contribution < -0.4 is 5.32 Å². The average Bonchev–Trinajstić information content (AvgIpc) is 2.86. The Morgan fingerprint density at radius 1 is 1.37 bits per heavy atom. The molecule has 2 aliphatic heterocycles. The number of hydrogen-bond donors (Lipinski definition) is 2. The lowest BCUT2D eigenvalue weighted by molar-refractivity contribution is 0.0690. The molecule has 2 atom stereocenters. The van der Waals surface area contributed by atoms with Crippen molar-refractivity contribution in [2.45, 2.75) is 37.8 Å². The molecule has 1 aromatic heterocycles. The smallest absolute Gasteiger partial charge is 0.356 e. The second-order valence-corrected chi connectivity index (χ2v) is 5.29. The maximum absolute atomic E-state index is 10.9. The molecule has 0 aliphatic carbocycles. The van der Waals surface area contributed by atoms with Crippen LogP contribution in [0.3, 0.4) is 0 Å². The third-order valence-electron chi connectivity index (χ3n) is 4.03. The number of carboxylic acid groups (broad SMARTS) is 1. The van der Waals surface area contributed by atoms with Crippen molar-refractivity contribution in [1.29, 1.82) is 0 Å². The predicted molar refractivity (Wildman–Crippen MR) is 70.2 cm³/mol. The molecular weight excluding hydrogens is 244 g/mol. The summed E-state index contributed by atoms with van der Waals surface area (Å²) in [6, 6.07) is 1.06. The molecular formula is C13H18N4O2. The number of hydrogen-bond acceptors (Lipinski definition) is 5. The van der Waals surface area contributed by atoms with E-state index in [2.05, 4.69) is 20.2 Å². The zero-order valence-corrected chi connectivity index (χ0v) is 10.7. The molecule has 2 aliphatic rings. The van der Waals surface area contributed by atoms with Gasteiger partial charge < -0.3 is 15.3 Å². The van der Waals surface area contributed by atoms with Crippen molar-refractivity contribution in [2.24, 2.45) is 0 Å². The molecule has 0 bridgehead atoms. The number of nitrogens with zero attached hydrogens (tertiary/aromatic N) is 3. The van der Waals surface area contributed by atoms with Gasteiger partial charge in [0, 0.05) is 18.6 Å². The van der Waals surface area contributed by atoms with Crippen LogP contribution in [0.1, 0.15) is 36.2 Å². The number of carbonyl (C=O) groups is 1. The van der Waals surface area contributed by atoms with Gasteiger partial charge in [0.05, 0.1) is 12.4 Å². The SMILES string of the molecule is O=C(O)c1cncc(NC2CCN3CCCC3C2)n1. The van der Waals surface area contributed by atoms with E-state index in [0.717, 1.165) is 19.4 Å². The summed E-state index contributed by atoms with van der Waals surface area (Å²) in [6.45, 7) is 2.35. The second-order valence-electron chi connectivity index (χ2n) is 5.29. The zero-order valence-electron chi connectivity index (χ0n) is 10.7. The Bertz CT molecular complexity index is 479. The fraction of sp³-hybridized carbons (Fsp3) is 0.615. The Hall–Kier alpha value is -1.69. The Kier molecular flexibility index (Phi) is 3.33. The molecule has 2 fully saturated rings. The number of fused-ring (bicyclic) bond motifs is 1. The van der Waals surface area contributed by atoms with E-state index in [9.17, 15) is 4.79 Å². The molecule has 1 aromatic rings. The highest BCUT2D eigenvalue weighted by Crippen LogP contribution is 2.28. The number of piperidine rings is 1. The number of aromatic carboxylic acids is 1. The third kappa shape index (κ3) is 2.68. The highest BCUT2D eigenvalue weighted by molar-refractivity contribution is 5.85. The fourth-order valence-corrected chi connectivity index (χ4v) is 3.10. The van der Waals surface area contributed by atoms with Crippen LogP contribution in [-0.2, 0) is 0 Å². The largest absolute Gasteiger partial charge is 0.476 e. The van der Waals surface area contributed by atoms with Crippen LogP contribution in [0.2, 0.25) is 0 Å². The van der Waals surface area contributed by atoms with Gasteiger partial charge in [0.2, 0.25) is 0 Å². The topological polar surface area (TPSA) is 78.3 Å². The van der Waals surface area contributed by atoms with Gasteiger partial charge in [-0.2, -0.15) is 0 Å². The molecule has 3 heterocycles. The normalized spacial score (nSPS) is 26.9. The van der Waals surface area contributed by atoms with Crippen molar-refractivity contribution in [3.8, 4) is 0 Å². The molecule has 2 saturated heterocycles. The molecule has 2 unspecified atom stereocenters. The molecule has 0 amide bonds. The molecule has 19 heavy (non-hydrogen) atoms. The van der Waals surface area contributed by atoms with Crippen LogP contribution in [0.25, 0.3) is 0 Å². The number of aromatic nitrogens is 2. The zero-order chi connectivity index (χ0) is 13.2. The standard InChI is InChI=1S/C13H18N4O2/c18-13(19)11-7-14-8-12(16-11)15-9-3-5-17-4-1-2-10(17)6-9/h7-10H,1-6H2,(H,15,16)(H,18,19). The van der Waals surface area contributed by atoms with Crippen LogP contribution in [0, 0.1) is 0 Å². The number of nitrogens with one attached hydrogen (secondary N) is 1. The molecule has 102 valence electrons. The monoisotopic (exact) mass is 262 g/mol. The summed E-state index contributed by atoms with van der Waals surface area (Å²) in [5, 5.41) is 12.2. The van der Waals surface area contributed by atoms with Crippen molar-refractivity contribution < 1.29 is 9.90 Å². The average molecular weight is 262 g/mol. The highest BCUT2D eigenvalue weighted by Gasteiger charge is 2.31. The third-order valence-corrected chi connectivity index (χ3v) is 4.03. The van der Waals surface area contributed by atoms with Crippen molar-refractivity contribution in [3.05, 3.63) is 18.1 Å².